The van der Waals surface area contributed by atoms with Crippen LogP contribution in [0.2, 0.25) is 0 Å². The van der Waals surface area contributed by atoms with Gasteiger partial charge in [0.1, 0.15) is 5.60 Å². The zero-order chi connectivity index (χ0) is 16.6. The van der Waals surface area contributed by atoms with Crippen LogP contribution < -0.4 is 0 Å². The van der Waals surface area contributed by atoms with Gasteiger partial charge in [-0.2, -0.15) is 5.10 Å². The molecule has 0 aromatic carbocycles. The SMILES string of the molecule is CC(C)(C)OC(=O)N1CCC(c2ccnc3c(Br)cnn23)CC1. The van der Waals surface area contributed by atoms with E-state index in [1.54, 1.807) is 11.1 Å². The maximum Gasteiger partial charge on any atom is 0.410 e. The van der Waals surface area contributed by atoms with E-state index in [-0.39, 0.29) is 6.09 Å². The Morgan fingerprint density at radius 2 is 2.04 bits per heavy atom. The van der Waals surface area contributed by atoms with E-state index in [1.807, 2.05) is 37.5 Å². The number of rotatable bonds is 1. The fourth-order valence-corrected chi connectivity index (χ4v) is 3.24. The van der Waals surface area contributed by atoms with Crippen molar-refractivity contribution in [2.45, 2.75) is 45.1 Å². The van der Waals surface area contributed by atoms with Crippen LogP contribution in [0.3, 0.4) is 0 Å². The Bertz CT molecular complexity index is 714. The van der Waals surface area contributed by atoms with Gasteiger partial charge < -0.3 is 9.64 Å². The number of carbonyl (C=O) groups is 1. The van der Waals surface area contributed by atoms with Crippen molar-refractivity contribution in [3.05, 3.63) is 28.6 Å². The van der Waals surface area contributed by atoms with Crippen LogP contribution in [0.4, 0.5) is 4.79 Å². The number of nitrogens with zero attached hydrogens (tertiary/aromatic N) is 4. The number of halogens is 1. The van der Waals surface area contributed by atoms with E-state index in [4.69, 9.17) is 4.74 Å². The van der Waals surface area contributed by atoms with Crippen molar-refractivity contribution in [3.63, 3.8) is 0 Å². The van der Waals surface area contributed by atoms with Gasteiger partial charge in [-0.05, 0) is 55.6 Å². The second-order valence-corrected chi connectivity index (χ2v) is 7.69. The van der Waals surface area contributed by atoms with Gasteiger partial charge in [0.15, 0.2) is 5.65 Å². The van der Waals surface area contributed by atoms with E-state index in [2.05, 4.69) is 26.0 Å². The molecular weight excluding hydrogens is 360 g/mol. The van der Waals surface area contributed by atoms with Crippen molar-refractivity contribution >= 4 is 27.7 Å². The molecule has 7 heteroatoms. The molecule has 3 heterocycles. The maximum atomic E-state index is 12.1. The molecule has 2 aromatic heterocycles. The maximum absolute atomic E-state index is 12.1. The number of ether oxygens (including phenoxy) is 1. The van der Waals surface area contributed by atoms with E-state index in [0.29, 0.717) is 19.0 Å². The molecular formula is C16H21BrN4O2. The van der Waals surface area contributed by atoms with Crippen LogP contribution in [-0.2, 0) is 4.74 Å². The Hall–Kier alpha value is -1.63. The third kappa shape index (κ3) is 3.49. The number of likely N-dealkylation sites (tertiary alicyclic amines) is 1. The summed E-state index contributed by atoms with van der Waals surface area (Å²) in [6.07, 6.45) is 5.16. The lowest BCUT2D eigenvalue weighted by Crippen LogP contribution is -2.41. The summed E-state index contributed by atoms with van der Waals surface area (Å²) >= 11 is 3.47. The summed E-state index contributed by atoms with van der Waals surface area (Å²) in [6.45, 7) is 7.07. The highest BCUT2D eigenvalue weighted by Gasteiger charge is 2.28. The molecule has 0 spiro atoms. The topological polar surface area (TPSA) is 59.7 Å². The lowest BCUT2D eigenvalue weighted by Gasteiger charge is -2.33. The smallest absolute Gasteiger partial charge is 0.410 e. The summed E-state index contributed by atoms with van der Waals surface area (Å²) in [6, 6.07) is 2.01. The van der Waals surface area contributed by atoms with Gasteiger partial charge in [0.05, 0.1) is 10.7 Å². The van der Waals surface area contributed by atoms with E-state index in [1.165, 1.54) is 0 Å². The molecule has 1 aliphatic heterocycles. The molecule has 0 unspecified atom stereocenters. The lowest BCUT2D eigenvalue weighted by atomic mass is 9.93. The molecule has 0 atom stereocenters. The summed E-state index contributed by atoms with van der Waals surface area (Å²) in [5, 5.41) is 4.40. The molecule has 1 fully saturated rings. The normalized spacial score (nSPS) is 16.8. The van der Waals surface area contributed by atoms with Gasteiger partial charge in [-0.15, -0.1) is 0 Å². The number of hydrogen-bond acceptors (Lipinski definition) is 4. The quantitative estimate of drug-likeness (QED) is 0.757. The summed E-state index contributed by atoms with van der Waals surface area (Å²) in [5.41, 5.74) is 1.52. The van der Waals surface area contributed by atoms with E-state index in [0.717, 1.165) is 28.7 Å². The first kappa shape index (κ1) is 16.2. The highest BCUT2D eigenvalue weighted by molar-refractivity contribution is 9.10. The first-order valence-corrected chi connectivity index (χ1v) is 8.60. The van der Waals surface area contributed by atoms with Crippen molar-refractivity contribution in [2.75, 3.05) is 13.1 Å². The van der Waals surface area contributed by atoms with Crippen LogP contribution in [0.25, 0.3) is 5.65 Å². The second kappa shape index (κ2) is 6.11. The molecule has 124 valence electrons. The fraction of sp³-hybridized carbons (Fsp3) is 0.562. The predicted molar refractivity (Wildman–Crippen MR) is 90.5 cm³/mol. The van der Waals surface area contributed by atoms with Crippen LogP contribution in [0.15, 0.2) is 22.9 Å². The number of piperidine rings is 1. The Morgan fingerprint density at radius 3 is 2.70 bits per heavy atom. The van der Waals surface area contributed by atoms with Gasteiger partial charge in [0.2, 0.25) is 0 Å². The molecule has 0 radical (unpaired) electrons. The van der Waals surface area contributed by atoms with Crippen molar-refractivity contribution in [1.82, 2.24) is 19.5 Å². The molecule has 1 saturated heterocycles. The van der Waals surface area contributed by atoms with Crippen LogP contribution in [0.5, 0.6) is 0 Å². The molecule has 3 rings (SSSR count). The summed E-state index contributed by atoms with van der Waals surface area (Å²) in [5.74, 6) is 0.367. The number of hydrogen-bond donors (Lipinski definition) is 0. The first-order chi connectivity index (χ1) is 10.8. The van der Waals surface area contributed by atoms with Crippen molar-refractivity contribution in [1.29, 1.82) is 0 Å². The minimum absolute atomic E-state index is 0.224. The summed E-state index contributed by atoms with van der Waals surface area (Å²) < 4.78 is 8.23. The van der Waals surface area contributed by atoms with Crippen LogP contribution in [0, 0.1) is 0 Å². The molecule has 2 aromatic rings. The average Bonchev–Trinajstić information content (AvgIpc) is 2.87. The minimum Gasteiger partial charge on any atom is -0.444 e. The van der Waals surface area contributed by atoms with Gasteiger partial charge in [-0.1, -0.05) is 0 Å². The fourth-order valence-electron chi connectivity index (χ4n) is 2.88. The molecule has 0 bridgehead atoms. The zero-order valence-corrected chi connectivity index (χ0v) is 15.2. The molecule has 23 heavy (non-hydrogen) atoms. The highest BCUT2D eigenvalue weighted by Crippen LogP contribution is 2.29. The second-order valence-electron chi connectivity index (χ2n) is 6.84. The molecule has 0 saturated carbocycles. The Labute approximate surface area is 144 Å². The van der Waals surface area contributed by atoms with Crippen LogP contribution >= 0.6 is 15.9 Å². The zero-order valence-electron chi connectivity index (χ0n) is 13.6. The molecule has 0 N–H and O–H groups in total. The Morgan fingerprint density at radius 1 is 1.35 bits per heavy atom. The van der Waals surface area contributed by atoms with Gasteiger partial charge in [-0.25, -0.2) is 14.3 Å². The summed E-state index contributed by atoms with van der Waals surface area (Å²) in [7, 11) is 0. The molecule has 6 nitrogen and oxygen atoms in total. The van der Waals surface area contributed by atoms with Gasteiger partial charge in [0.25, 0.3) is 0 Å². The van der Waals surface area contributed by atoms with Gasteiger partial charge in [-0.3, -0.25) is 0 Å². The Balaban J connectivity index is 1.70. The van der Waals surface area contributed by atoms with Crippen molar-refractivity contribution < 1.29 is 9.53 Å². The third-order valence-corrected chi connectivity index (χ3v) is 4.51. The number of aromatic nitrogens is 3. The van der Waals surface area contributed by atoms with Crippen molar-refractivity contribution in [3.8, 4) is 0 Å². The van der Waals surface area contributed by atoms with Crippen LogP contribution in [0.1, 0.15) is 45.2 Å². The van der Waals surface area contributed by atoms with E-state index < -0.39 is 5.60 Å². The standard InChI is InChI=1S/C16H21BrN4O2/c1-16(2,3)23-15(22)20-8-5-11(6-9-20)13-4-7-18-14-12(17)10-19-21(13)14/h4,7,10-11H,5-6,8-9H2,1-3H3. The van der Waals surface area contributed by atoms with Crippen molar-refractivity contribution in [2.24, 2.45) is 0 Å². The van der Waals surface area contributed by atoms with E-state index in [9.17, 15) is 4.79 Å². The van der Waals surface area contributed by atoms with E-state index >= 15 is 0 Å². The average molecular weight is 381 g/mol. The van der Waals surface area contributed by atoms with Gasteiger partial charge in [0, 0.05) is 30.9 Å². The number of carbonyl (C=O) groups excluding carboxylic acids is 1. The third-order valence-electron chi connectivity index (χ3n) is 3.95. The minimum atomic E-state index is -0.452. The summed E-state index contributed by atoms with van der Waals surface area (Å²) in [4.78, 5) is 18.3. The number of amides is 1. The number of fused-ring (bicyclic) bond motifs is 1. The molecule has 0 aliphatic carbocycles. The largest absolute Gasteiger partial charge is 0.444 e. The molecule has 1 amide bonds. The Kier molecular flexibility index (Phi) is 4.31. The van der Waals surface area contributed by atoms with Crippen LogP contribution in [-0.4, -0.2) is 44.3 Å². The molecule has 1 aliphatic rings. The first-order valence-electron chi connectivity index (χ1n) is 7.81. The lowest BCUT2D eigenvalue weighted by molar-refractivity contribution is 0.0203. The predicted octanol–water partition coefficient (Wildman–Crippen LogP) is 3.61. The monoisotopic (exact) mass is 380 g/mol. The van der Waals surface area contributed by atoms with Gasteiger partial charge >= 0.3 is 6.09 Å². The highest BCUT2D eigenvalue weighted by atomic mass is 79.9.